The molecule has 140 valence electrons. The maximum atomic E-state index is 12.7. The first-order valence-corrected chi connectivity index (χ1v) is 8.23. The highest BCUT2D eigenvalue weighted by molar-refractivity contribution is 5.98. The molecule has 1 unspecified atom stereocenters. The number of carbonyl (C=O) groups is 2. The van der Waals surface area contributed by atoms with Gasteiger partial charge in [-0.15, -0.1) is 0 Å². The molecule has 3 rings (SSSR count). The number of aromatic nitrogens is 3. The van der Waals surface area contributed by atoms with E-state index in [2.05, 4.69) is 30.9 Å². The summed E-state index contributed by atoms with van der Waals surface area (Å²) in [7, 11) is 0. The summed E-state index contributed by atoms with van der Waals surface area (Å²) in [5.41, 5.74) is 0.735. The number of rotatable bonds is 5. The fourth-order valence-corrected chi connectivity index (χ4v) is 2.82. The molecule has 2 aromatic heterocycles. The first-order valence-electron chi connectivity index (χ1n) is 8.23. The Morgan fingerprint density at radius 3 is 2.81 bits per heavy atom. The fourth-order valence-electron chi connectivity index (χ4n) is 2.82. The van der Waals surface area contributed by atoms with Crippen LogP contribution in [0.5, 0.6) is 0 Å². The van der Waals surface area contributed by atoms with Gasteiger partial charge in [0.05, 0.1) is 11.6 Å². The average Bonchev–Trinajstić information content (AvgIpc) is 2.63. The minimum absolute atomic E-state index is 0.179. The molecule has 5 N–H and O–H groups in total. The number of nitrogens with one attached hydrogen (secondary N) is 5. The molecule has 3 heterocycles. The Balaban J connectivity index is 1.74. The monoisotopic (exact) mass is 370 g/mol. The Labute approximate surface area is 153 Å². The van der Waals surface area contributed by atoms with Gasteiger partial charge < -0.3 is 20.9 Å². The summed E-state index contributed by atoms with van der Waals surface area (Å²) in [5.74, 6) is -0.380. The van der Waals surface area contributed by atoms with E-state index in [1.165, 1.54) is 6.20 Å². The molecule has 1 atom stereocenters. The van der Waals surface area contributed by atoms with Gasteiger partial charge in [0.1, 0.15) is 0 Å². The smallest absolute Gasteiger partial charge is 0.325 e. The first kappa shape index (κ1) is 18.1. The molecule has 0 saturated heterocycles. The van der Waals surface area contributed by atoms with Crippen molar-refractivity contribution in [3.8, 4) is 0 Å². The molecule has 0 radical (unpaired) electrons. The van der Waals surface area contributed by atoms with E-state index in [4.69, 9.17) is 0 Å². The number of H-pyrrole nitrogens is 2. The Kier molecular flexibility index (Phi) is 5.15. The van der Waals surface area contributed by atoms with Gasteiger partial charge in [0.2, 0.25) is 0 Å². The first-order chi connectivity index (χ1) is 13.0. The number of aromatic amines is 2. The molecular formula is C17H18N6O4. The highest BCUT2D eigenvalue weighted by Gasteiger charge is 2.31. The quantitative estimate of drug-likeness (QED) is 0.478. The summed E-state index contributed by atoms with van der Waals surface area (Å²) in [6.07, 6.45) is 4.74. The molecule has 10 heteroatoms. The zero-order chi connectivity index (χ0) is 19.4. The van der Waals surface area contributed by atoms with Crippen LogP contribution in [0.4, 0.5) is 4.79 Å². The zero-order valence-electron chi connectivity index (χ0n) is 14.5. The molecule has 1 aliphatic heterocycles. The summed E-state index contributed by atoms with van der Waals surface area (Å²) >= 11 is 0. The minimum Gasteiger partial charge on any atom is -0.352 e. The van der Waals surface area contributed by atoms with Gasteiger partial charge in [-0.05, 0) is 25.0 Å². The van der Waals surface area contributed by atoms with E-state index >= 15 is 0 Å². The van der Waals surface area contributed by atoms with Crippen molar-refractivity contribution in [1.29, 1.82) is 0 Å². The largest absolute Gasteiger partial charge is 0.352 e. The lowest BCUT2D eigenvalue weighted by molar-refractivity contribution is -0.117. The van der Waals surface area contributed by atoms with Crippen LogP contribution in [0.3, 0.4) is 0 Å². The highest BCUT2D eigenvalue weighted by atomic mass is 16.2. The molecule has 0 bridgehead atoms. The summed E-state index contributed by atoms with van der Waals surface area (Å²) in [6, 6.07) is 2.45. The molecule has 0 fully saturated rings. The number of hydrogen-bond donors (Lipinski definition) is 5. The van der Waals surface area contributed by atoms with Crippen molar-refractivity contribution in [2.45, 2.75) is 19.4 Å². The number of urea groups is 1. The normalized spacial score (nSPS) is 16.5. The van der Waals surface area contributed by atoms with Gasteiger partial charge in [0, 0.05) is 36.4 Å². The van der Waals surface area contributed by atoms with Crippen LogP contribution in [0.2, 0.25) is 0 Å². The summed E-state index contributed by atoms with van der Waals surface area (Å²) in [4.78, 5) is 55.8. The molecule has 0 saturated carbocycles. The zero-order valence-corrected chi connectivity index (χ0v) is 14.5. The summed E-state index contributed by atoms with van der Waals surface area (Å²) < 4.78 is 0. The predicted octanol–water partition coefficient (Wildman–Crippen LogP) is -0.555. The summed E-state index contributed by atoms with van der Waals surface area (Å²) in [5, 5.41) is 8.04. The third-order valence-corrected chi connectivity index (χ3v) is 4.11. The third-order valence-electron chi connectivity index (χ3n) is 4.11. The Morgan fingerprint density at radius 1 is 1.30 bits per heavy atom. The lowest BCUT2D eigenvalue weighted by Crippen LogP contribution is -2.47. The van der Waals surface area contributed by atoms with E-state index in [0.29, 0.717) is 22.4 Å². The van der Waals surface area contributed by atoms with Crippen molar-refractivity contribution >= 4 is 11.9 Å². The number of allylic oxidation sites excluding steroid dienone is 1. The molecule has 2 aromatic rings. The molecule has 0 aromatic carbocycles. The lowest BCUT2D eigenvalue weighted by atomic mass is 9.96. The Morgan fingerprint density at radius 2 is 2.11 bits per heavy atom. The number of carbonyl (C=O) groups excluding carboxylic acids is 2. The van der Waals surface area contributed by atoms with Gasteiger partial charge in [0.15, 0.2) is 0 Å². The molecule has 1 aliphatic rings. The van der Waals surface area contributed by atoms with Crippen molar-refractivity contribution in [2.24, 2.45) is 0 Å². The van der Waals surface area contributed by atoms with E-state index in [-0.39, 0.29) is 18.9 Å². The molecule has 3 amide bonds. The van der Waals surface area contributed by atoms with Crippen LogP contribution in [0.15, 0.2) is 51.6 Å². The second-order valence-corrected chi connectivity index (χ2v) is 5.96. The van der Waals surface area contributed by atoms with Crippen molar-refractivity contribution in [3.63, 3.8) is 0 Å². The second-order valence-electron chi connectivity index (χ2n) is 5.96. The predicted molar refractivity (Wildman–Crippen MR) is 95.7 cm³/mol. The van der Waals surface area contributed by atoms with Crippen LogP contribution in [0.25, 0.3) is 0 Å². The van der Waals surface area contributed by atoms with E-state index < -0.39 is 23.3 Å². The molecule has 10 nitrogen and oxygen atoms in total. The lowest BCUT2D eigenvalue weighted by Gasteiger charge is -2.28. The van der Waals surface area contributed by atoms with E-state index in [9.17, 15) is 19.2 Å². The fraction of sp³-hybridized carbons (Fsp3) is 0.235. The maximum Gasteiger partial charge on any atom is 0.325 e. The standard InChI is InChI=1S/C17H18N6O4/c1-9-12(13(22-17(27)21-9)10-3-2-5-18-7-10)15(25)19-6-4-11-8-20-16(26)23-14(11)24/h2-3,5,7-8,13H,4,6H2,1H3,(H,19,25)(H2,21,22,27)(H2,20,23,24,26). The van der Waals surface area contributed by atoms with Crippen molar-refractivity contribution in [1.82, 2.24) is 30.9 Å². The number of nitrogens with zero attached hydrogens (tertiary/aromatic N) is 1. The van der Waals surface area contributed by atoms with Crippen molar-refractivity contribution < 1.29 is 9.59 Å². The van der Waals surface area contributed by atoms with Gasteiger partial charge in [-0.3, -0.25) is 19.6 Å². The van der Waals surface area contributed by atoms with Gasteiger partial charge in [-0.2, -0.15) is 0 Å². The average molecular weight is 370 g/mol. The van der Waals surface area contributed by atoms with Crippen LogP contribution >= 0.6 is 0 Å². The second kappa shape index (κ2) is 7.68. The number of amides is 3. The van der Waals surface area contributed by atoms with Crippen LogP contribution in [-0.4, -0.2) is 33.4 Å². The third kappa shape index (κ3) is 4.11. The minimum atomic E-state index is -0.635. The SMILES string of the molecule is CC1=C(C(=O)NCCc2c[nH]c(=O)[nH]c2=O)C(c2cccnc2)NC(=O)N1. The molecule has 0 spiro atoms. The van der Waals surface area contributed by atoms with Crippen molar-refractivity contribution in [2.75, 3.05) is 6.54 Å². The van der Waals surface area contributed by atoms with Gasteiger partial charge >= 0.3 is 11.7 Å². The Hall–Kier alpha value is -3.69. The van der Waals surface area contributed by atoms with Crippen molar-refractivity contribution in [3.05, 3.63) is 74.0 Å². The van der Waals surface area contributed by atoms with Crippen LogP contribution in [0, 0.1) is 0 Å². The molecule has 27 heavy (non-hydrogen) atoms. The molecule has 0 aliphatic carbocycles. The van der Waals surface area contributed by atoms with E-state index in [1.54, 1.807) is 31.5 Å². The van der Waals surface area contributed by atoms with E-state index in [0.717, 1.165) is 0 Å². The van der Waals surface area contributed by atoms with Gasteiger partial charge in [0.25, 0.3) is 11.5 Å². The van der Waals surface area contributed by atoms with E-state index in [1.807, 2.05) is 0 Å². The molecular weight excluding hydrogens is 352 g/mol. The van der Waals surface area contributed by atoms with Crippen LogP contribution in [-0.2, 0) is 11.2 Å². The number of hydrogen-bond acceptors (Lipinski definition) is 5. The van der Waals surface area contributed by atoms with Crippen LogP contribution < -0.4 is 27.2 Å². The summed E-state index contributed by atoms with van der Waals surface area (Å²) in [6.45, 7) is 1.82. The number of pyridine rings is 1. The maximum absolute atomic E-state index is 12.7. The topological polar surface area (TPSA) is 149 Å². The Bertz CT molecular complexity index is 1010. The van der Waals surface area contributed by atoms with Gasteiger partial charge in [-0.1, -0.05) is 6.07 Å². The highest BCUT2D eigenvalue weighted by Crippen LogP contribution is 2.25. The van der Waals surface area contributed by atoms with Gasteiger partial charge in [-0.25, -0.2) is 9.59 Å². The van der Waals surface area contributed by atoms with Crippen LogP contribution in [0.1, 0.15) is 24.1 Å².